The second kappa shape index (κ2) is 5.39. The molecule has 0 spiro atoms. The SMILES string of the molecule is O=[N+]([O-])N=C1NCCCN1Cc1ccc(F)nc1. The molecule has 1 fully saturated rings. The van der Waals surface area contributed by atoms with E-state index in [1.54, 1.807) is 11.0 Å². The van der Waals surface area contributed by atoms with Gasteiger partial charge in [-0.25, -0.2) is 15.1 Å². The number of rotatable bonds is 3. The third-order valence-electron chi connectivity index (χ3n) is 2.53. The van der Waals surface area contributed by atoms with Gasteiger partial charge in [-0.2, -0.15) is 4.39 Å². The van der Waals surface area contributed by atoms with Crippen LogP contribution in [-0.4, -0.2) is 34.0 Å². The first-order valence-electron chi connectivity index (χ1n) is 5.47. The molecule has 0 saturated carbocycles. The lowest BCUT2D eigenvalue weighted by Gasteiger charge is -2.28. The van der Waals surface area contributed by atoms with Crippen LogP contribution < -0.4 is 5.32 Å². The highest BCUT2D eigenvalue weighted by molar-refractivity contribution is 5.79. The Morgan fingerprint density at radius 2 is 2.44 bits per heavy atom. The summed E-state index contributed by atoms with van der Waals surface area (Å²) in [5.74, 6) is -0.315. The summed E-state index contributed by atoms with van der Waals surface area (Å²) >= 11 is 0. The predicted octanol–water partition coefficient (Wildman–Crippen LogP) is 0.564. The topological polar surface area (TPSA) is 83.7 Å². The van der Waals surface area contributed by atoms with E-state index in [9.17, 15) is 14.5 Å². The fraction of sp³-hybridized carbons (Fsp3) is 0.400. The van der Waals surface area contributed by atoms with Crippen molar-refractivity contribution in [1.82, 2.24) is 15.2 Å². The maximum Gasteiger partial charge on any atom is 0.271 e. The van der Waals surface area contributed by atoms with Crippen molar-refractivity contribution in [1.29, 1.82) is 0 Å². The molecule has 0 amide bonds. The number of aromatic nitrogens is 1. The highest BCUT2D eigenvalue weighted by Gasteiger charge is 2.19. The average molecular weight is 253 g/mol. The first kappa shape index (κ1) is 12.2. The van der Waals surface area contributed by atoms with Gasteiger partial charge in [0.1, 0.15) is 5.10 Å². The van der Waals surface area contributed by atoms with Crippen LogP contribution >= 0.6 is 0 Å². The zero-order valence-electron chi connectivity index (χ0n) is 9.54. The molecule has 0 aliphatic carbocycles. The molecular weight excluding hydrogens is 241 g/mol. The largest absolute Gasteiger partial charge is 0.351 e. The molecule has 0 radical (unpaired) electrons. The van der Waals surface area contributed by atoms with Crippen LogP contribution in [0.25, 0.3) is 0 Å². The van der Waals surface area contributed by atoms with Crippen molar-refractivity contribution >= 4 is 5.96 Å². The molecule has 1 aliphatic heterocycles. The standard InChI is InChI=1S/C10H12FN5O2/c11-9-3-2-8(6-13-9)7-15-5-1-4-12-10(15)14-16(17)18/h2-3,6H,1,4-5,7H2,(H,12,14). The molecule has 1 aromatic rings. The van der Waals surface area contributed by atoms with Crippen LogP contribution in [0.4, 0.5) is 4.39 Å². The molecule has 0 aromatic carbocycles. The van der Waals surface area contributed by atoms with Crippen LogP contribution in [-0.2, 0) is 6.54 Å². The van der Waals surface area contributed by atoms with Gasteiger partial charge in [0.05, 0.1) is 0 Å². The van der Waals surface area contributed by atoms with Gasteiger partial charge in [0.2, 0.25) is 5.95 Å². The van der Waals surface area contributed by atoms with Gasteiger partial charge in [-0.3, -0.25) is 0 Å². The maximum absolute atomic E-state index is 12.7. The Bertz CT molecular complexity index is 462. The summed E-state index contributed by atoms with van der Waals surface area (Å²) in [6.07, 6.45) is 2.28. The summed E-state index contributed by atoms with van der Waals surface area (Å²) in [6, 6.07) is 2.86. The average Bonchev–Trinajstić information content (AvgIpc) is 2.34. The Hall–Kier alpha value is -2.25. The number of hydrogen-bond acceptors (Lipinski definition) is 3. The van der Waals surface area contributed by atoms with E-state index in [1.807, 2.05) is 0 Å². The summed E-state index contributed by atoms with van der Waals surface area (Å²) in [5, 5.41) is 15.8. The van der Waals surface area contributed by atoms with E-state index in [0.717, 1.165) is 12.0 Å². The van der Waals surface area contributed by atoms with Crippen molar-refractivity contribution in [2.45, 2.75) is 13.0 Å². The van der Waals surface area contributed by atoms with Gasteiger partial charge in [0.15, 0.2) is 5.03 Å². The molecule has 0 atom stereocenters. The zero-order valence-corrected chi connectivity index (χ0v) is 9.54. The van der Waals surface area contributed by atoms with Crippen LogP contribution in [0.5, 0.6) is 0 Å². The minimum atomic E-state index is -0.733. The van der Waals surface area contributed by atoms with E-state index in [4.69, 9.17) is 0 Å². The van der Waals surface area contributed by atoms with Gasteiger partial charge >= 0.3 is 0 Å². The molecule has 1 saturated heterocycles. The number of nitro groups is 1. The molecule has 7 nitrogen and oxygen atoms in total. The lowest BCUT2D eigenvalue weighted by Crippen LogP contribution is -2.47. The number of halogens is 1. The maximum atomic E-state index is 12.7. The highest BCUT2D eigenvalue weighted by Crippen LogP contribution is 2.08. The van der Waals surface area contributed by atoms with Gasteiger partial charge in [-0.1, -0.05) is 6.07 Å². The number of hydrazone groups is 1. The summed E-state index contributed by atoms with van der Waals surface area (Å²) in [7, 11) is 0. The van der Waals surface area contributed by atoms with Gasteiger partial charge in [0.25, 0.3) is 5.96 Å². The highest BCUT2D eigenvalue weighted by atomic mass is 19.1. The third kappa shape index (κ3) is 3.12. The predicted molar refractivity (Wildman–Crippen MR) is 61.7 cm³/mol. The second-order valence-corrected chi connectivity index (χ2v) is 3.85. The number of guanidine groups is 1. The van der Waals surface area contributed by atoms with Crippen molar-refractivity contribution < 1.29 is 9.42 Å². The Balaban J connectivity index is 2.10. The molecule has 96 valence electrons. The monoisotopic (exact) mass is 253 g/mol. The third-order valence-corrected chi connectivity index (χ3v) is 2.53. The first-order valence-corrected chi connectivity index (χ1v) is 5.47. The van der Waals surface area contributed by atoms with Crippen molar-refractivity contribution in [2.75, 3.05) is 13.1 Å². The van der Waals surface area contributed by atoms with Crippen LogP contribution in [0.15, 0.2) is 23.4 Å². The van der Waals surface area contributed by atoms with Gasteiger partial charge in [0, 0.05) is 25.8 Å². The molecule has 1 N–H and O–H groups in total. The molecule has 8 heteroatoms. The number of nitrogens with one attached hydrogen (secondary N) is 1. The minimum absolute atomic E-state index is 0.232. The Kier molecular flexibility index (Phi) is 3.66. The van der Waals surface area contributed by atoms with E-state index in [-0.39, 0.29) is 5.96 Å². The molecular formula is C10H12FN5O2. The fourth-order valence-electron chi connectivity index (χ4n) is 1.74. The first-order chi connectivity index (χ1) is 8.65. The summed E-state index contributed by atoms with van der Waals surface area (Å²) in [5.41, 5.74) is 0.774. The quantitative estimate of drug-likeness (QED) is 0.483. The van der Waals surface area contributed by atoms with Crippen LogP contribution in [0.3, 0.4) is 0 Å². The molecule has 0 bridgehead atoms. The van der Waals surface area contributed by atoms with E-state index < -0.39 is 11.0 Å². The van der Waals surface area contributed by atoms with Gasteiger partial charge in [-0.05, 0) is 18.1 Å². The van der Waals surface area contributed by atoms with Crippen molar-refractivity contribution in [3.05, 3.63) is 40.0 Å². The molecule has 2 heterocycles. The number of hydrogen-bond donors (Lipinski definition) is 1. The Morgan fingerprint density at radius 3 is 3.11 bits per heavy atom. The lowest BCUT2D eigenvalue weighted by molar-refractivity contribution is -0.486. The normalized spacial score (nSPS) is 17.6. The Morgan fingerprint density at radius 1 is 1.61 bits per heavy atom. The molecule has 1 aromatic heterocycles. The van der Waals surface area contributed by atoms with E-state index in [0.29, 0.717) is 19.6 Å². The lowest BCUT2D eigenvalue weighted by atomic mass is 10.2. The second-order valence-electron chi connectivity index (χ2n) is 3.85. The van der Waals surface area contributed by atoms with Crippen molar-refractivity contribution in [2.24, 2.45) is 5.10 Å². The van der Waals surface area contributed by atoms with Gasteiger partial charge < -0.3 is 10.2 Å². The minimum Gasteiger partial charge on any atom is -0.351 e. The molecule has 1 aliphatic rings. The van der Waals surface area contributed by atoms with E-state index >= 15 is 0 Å². The van der Waals surface area contributed by atoms with Crippen LogP contribution in [0, 0.1) is 16.1 Å². The van der Waals surface area contributed by atoms with Gasteiger partial charge in [-0.15, -0.1) is 0 Å². The van der Waals surface area contributed by atoms with Crippen molar-refractivity contribution in [3.63, 3.8) is 0 Å². The van der Waals surface area contributed by atoms with E-state index in [2.05, 4.69) is 15.4 Å². The smallest absolute Gasteiger partial charge is 0.271 e. The molecule has 0 unspecified atom stereocenters. The fourth-order valence-corrected chi connectivity index (χ4v) is 1.74. The summed E-state index contributed by atoms with van der Waals surface area (Å²) in [6.45, 7) is 1.73. The number of pyridine rings is 1. The van der Waals surface area contributed by atoms with Crippen LogP contribution in [0.1, 0.15) is 12.0 Å². The van der Waals surface area contributed by atoms with Crippen molar-refractivity contribution in [3.8, 4) is 0 Å². The summed E-state index contributed by atoms with van der Waals surface area (Å²) in [4.78, 5) is 15.7. The number of nitrogens with zero attached hydrogens (tertiary/aromatic N) is 4. The molecule has 2 rings (SSSR count). The molecule has 18 heavy (non-hydrogen) atoms. The summed E-state index contributed by atoms with van der Waals surface area (Å²) < 4.78 is 12.7. The van der Waals surface area contributed by atoms with E-state index in [1.165, 1.54) is 12.3 Å². The Labute approximate surface area is 102 Å². The zero-order chi connectivity index (χ0) is 13.0. The van der Waals surface area contributed by atoms with Crippen LogP contribution in [0.2, 0.25) is 0 Å².